The molecule has 1 aromatic carbocycles. The summed E-state index contributed by atoms with van der Waals surface area (Å²) in [6.45, 7) is 1.26. The molecule has 1 rings (SSSR count). The maximum atomic E-state index is 13.4. The molecule has 0 heterocycles. The van der Waals surface area contributed by atoms with Crippen molar-refractivity contribution in [1.29, 1.82) is 0 Å². The molecule has 5 heteroatoms. The Bertz CT molecular complexity index is 404. The van der Waals surface area contributed by atoms with E-state index < -0.39 is 17.6 Å². The average molecular weight is 210 g/mol. The number of nitrogens with one attached hydrogen (secondary N) is 1. The minimum absolute atomic E-state index is 0.0868. The fourth-order valence-electron chi connectivity index (χ4n) is 1.09. The van der Waals surface area contributed by atoms with Gasteiger partial charge in [0.1, 0.15) is 5.82 Å². The van der Waals surface area contributed by atoms with Crippen molar-refractivity contribution in [3.05, 3.63) is 35.1 Å². The maximum Gasteiger partial charge on any atom is 0.254 e. The van der Waals surface area contributed by atoms with Gasteiger partial charge in [0.2, 0.25) is 5.91 Å². The molecule has 0 radical (unpaired) electrons. The number of benzene rings is 1. The zero-order valence-electron chi connectivity index (χ0n) is 8.21. The van der Waals surface area contributed by atoms with Gasteiger partial charge < -0.3 is 11.1 Å². The molecule has 0 aliphatic heterocycles. The first kappa shape index (κ1) is 11.2. The van der Waals surface area contributed by atoms with Crippen LogP contribution < -0.4 is 11.1 Å². The molecule has 80 valence electrons. The predicted molar refractivity (Wildman–Crippen MR) is 52.7 cm³/mol. The number of hydrogen-bond acceptors (Lipinski definition) is 2. The molecule has 2 amide bonds. The van der Waals surface area contributed by atoms with Gasteiger partial charge in [-0.2, -0.15) is 0 Å². The van der Waals surface area contributed by atoms with Crippen molar-refractivity contribution in [3.8, 4) is 0 Å². The second-order valence-corrected chi connectivity index (χ2v) is 3.09. The van der Waals surface area contributed by atoms with Gasteiger partial charge in [-0.1, -0.05) is 12.1 Å². The van der Waals surface area contributed by atoms with Crippen molar-refractivity contribution < 1.29 is 14.0 Å². The van der Waals surface area contributed by atoms with Crippen LogP contribution in [0.1, 0.15) is 15.9 Å². The van der Waals surface area contributed by atoms with E-state index >= 15 is 0 Å². The van der Waals surface area contributed by atoms with Crippen LogP contribution in [0, 0.1) is 12.7 Å². The highest BCUT2D eigenvalue weighted by molar-refractivity contribution is 5.96. The van der Waals surface area contributed by atoms with Gasteiger partial charge in [-0.05, 0) is 18.6 Å². The van der Waals surface area contributed by atoms with Crippen molar-refractivity contribution in [2.24, 2.45) is 5.73 Å². The van der Waals surface area contributed by atoms with E-state index in [0.29, 0.717) is 5.56 Å². The molecule has 0 atom stereocenters. The zero-order chi connectivity index (χ0) is 11.4. The summed E-state index contributed by atoms with van der Waals surface area (Å²) in [6.07, 6.45) is 0. The van der Waals surface area contributed by atoms with Gasteiger partial charge in [-0.25, -0.2) is 4.39 Å². The molecule has 0 bridgehead atoms. The largest absolute Gasteiger partial charge is 0.368 e. The van der Waals surface area contributed by atoms with E-state index in [2.05, 4.69) is 5.32 Å². The number of halogens is 1. The Hall–Kier alpha value is -1.91. The fourth-order valence-corrected chi connectivity index (χ4v) is 1.09. The third kappa shape index (κ3) is 2.77. The minimum atomic E-state index is -0.670. The summed E-state index contributed by atoms with van der Waals surface area (Å²) in [5.41, 5.74) is 5.13. The number of nitrogens with two attached hydrogens (primary N) is 1. The third-order valence-corrected chi connectivity index (χ3v) is 1.86. The molecule has 0 saturated carbocycles. The summed E-state index contributed by atoms with van der Waals surface area (Å²) in [5, 5.41) is 2.21. The van der Waals surface area contributed by atoms with Crippen LogP contribution in [0.4, 0.5) is 4.39 Å². The highest BCUT2D eigenvalue weighted by atomic mass is 19.1. The lowest BCUT2D eigenvalue weighted by atomic mass is 10.1. The van der Waals surface area contributed by atoms with E-state index in [0.717, 1.165) is 0 Å². The summed E-state index contributed by atoms with van der Waals surface area (Å²) in [6, 6.07) is 4.47. The van der Waals surface area contributed by atoms with E-state index in [-0.39, 0.29) is 12.1 Å². The van der Waals surface area contributed by atoms with Crippen LogP contribution in [0.3, 0.4) is 0 Å². The quantitative estimate of drug-likeness (QED) is 0.755. The van der Waals surface area contributed by atoms with Crippen LogP contribution in [-0.4, -0.2) is 18.4 Å². The van der Waals surface area contributed by atoms with Crippen LogP contribution >= 0.6 is 0 Å². The maximum absolute atomic E-state index is 13.4. The topological polar surface area (TPSA) is 72.2 Å². The van der Waals surface area contributed by atoms with Crippen LogP contribution in [0.15, 0.2) is 18.2 Å². The molecule has 15 heavy (non-hydrogen) atoms. The van der Waals surface area contributed by atoms with E-state index in [9.17, 15) is 14.0 Å². The first-order valence-corrected chi connectivity index (χ1v) is 4.34. The number of carbonyl (C=O) groups is 2. The Balaban J connectivity index is 2.82. The fraction of sp³-hybridized carbons (Fsp3) is 0.200. The van der Waals surface area contributed by atoms with Gasteiger partial charge >= 0.3 is 0 Å². The molecule has 0 fully saturated rings. The predicted octanol–water partition coefficient (Wildman–Crippen LogP) is 0.349. The van der Waals surface area contributed by atoms with Crippen molar-refractivity contribution in [2.45, 2.75) is 6.92 Å². The number of rotatable bonds is 3. The van der Waals surface area contributed by atoms with Crippen LogP contribution in [-0.2, 0) is 4.79 Å². The SMILES string of the molecule is Cc1cccc(C(=O)NCC(N)=O)c1F. The molecule has 0 aliphatic rings. The summed E-state index contributed by atoms with van der Waals surface area (Å²) >= 11 is 0. The standard InChI is InChI=1S/C10H11FN2O2/c1-6-3-2-4-7(9(6)11)10(15)13-5-8(12)14/h2-4H,5H2,1H3,(H2,12,14)(H,13,15). The molecule has 4 nitrogen and oxygen atoms in total. The van der Waals surface area contributed by atoms with Crippen molar-refractivity contribution >= 4 is 11.8 Å². The molecule has 1 aromatic rings. The Morgan fingerprint density at radius 3 is 2.73 bits per heavy atom. The lowest BCUT2D eigenvalue weighted by molar-refractivity contribution is -0.117. The molecule has 0 spiro atoms. The van der Waals surface area contributed by atoms with E-state index in [4.69, 9.17) is 5.73 Å². The lowest BCUT2D eigenvalue weighted by Crippen LogP contribution is -2.33. The number of carbonyl (C=O) groups excluding carboxylic acids is 2. The summed E-state index contributed by atoms with van der Waals surface area (Å²) in [5.74, 6) is -1.90. The Morgan fingerprint density at radius 2 is 2.13 bits per heavy atom. The van der Waals surface area contributed by atoms with Gasteiger partial charge in [0.05, 0.1) is 12.1 Å². The first-order chi connectivity index (χ1) is 7.02. The number of amides is 2. The number of hydrogen-bond donors (Lipinski definition) is 2. The van der Waals surface area contributed by atoms with Crippen molar-refractivity contribution in [2.75, 3.05) is 6.54 Å². The van der Waals surface area contributed by atoms with Crippen LogP contribution in [0.2, 0.25) is 0 Å². The van der Waals surface area contributed by atoms with Crippen LogP contribution in [0.5, 0.6) is 0 Å². The molecule has 0 saturated heterocycles. The van der Waals surface area contributed by atoms with Gasteiger partial charge in [-0.15, -0.1) is 0 Å². The van der Waals surface area contributed by atoms with Gasteiger partial charge in [-0.3, -0.25) is 9.59 Å². The highest BCUT2D eigenvalue weighted by Gasteiger charge is 2.12. The minimum Gasteiger partial charge on any atom is -0.368 e. The molecule has 0 aromatic heterocycles. The summed E-state index contributed by atoms with van der Waals surface area (Å²) in [4.78, 5) is 21.8. The van der Waals surface area contributed by atoms with Gasteiger partial charge in [0, 0.05) is 0 Å². The van der Waals surface area contributed by atoms with Crippen molar-refractivity contribution in [1.82, 2.24) is 5.32 Å². The van der Waals surface area contributed by atoms with Gasteiger partial charge in [0.25, 0.3) is 5.91 Å². The summed E-state index contributed by atoms with van der Waals surface area (Å²) in [7, 11) is 0. The molecular formula is C10H11FN2O2. The Morgan fingerprint density at radius 1 is 1.47 bits per heavy atom. The average Bonchev–Trinajstić information content (AvgIpc) is 2.18. The van der Waals surface area contributed by atoms with E-state index in [1.54, 1.807) is 19.1 Å². The number of primary amides is 1. The first-order valence-electron chi connectivity index (χ1n) is 4.34. The smallest absolute Gasteiger partial charge is 0.254 e. The lowest BCUT2D eigenvalue weighted by Gasteiger charge is -2.05. The molecule has 0 unspecified atom stereocenters. The van der Waals surface area contributed by atoms with Gasteiger partial charge in [0.15, 0.2) is 0 Å². The number of aryl methyl sites for hydroxylation is 1. The molecule has 3 N–H and O–H groups in total. The zero-order valence-corrected chi connectivity index (χ0v) is 8.21. The molecule has 0 aliphatic carbocycles. The monoisotopic (exact) mass is 210 g/mol. The third-order valence-electron chi connectivity index (χ3n) is 1.86. The second-order valence-electron chi connectivity index (χ2n) is 3.09. The molecular weight excluding hydrogens is 199 g/mol. The normalized spacial score (nSPS) is 9.73. The Kier molecular flexibility index (Phi) is 3.38. The van der Waals surface area contributed by atoms with E-state index in [1.807, 2.05) is 0 Å². The van der Waals surface area contributed by atoms with E-state index in [1.165, 1.54) is 6.07 Å². The van der Waals surface area contributed by atoms with Crippen molar-refractivity contribution in [3.63, 3.8) is 0 Å². The Labute approximate surface area is 86.3 Å². The highest BCUT2D eigenvalue weighted by Crippen LogP contribution is 2.11. The summed E-state index contributed by atoms with van der Waals surface area (Å²) < 4.78 is 13.4. The second kappa shape index (κ2) is 4.54. The van der Waals surface area contributed by atoms with Crippen LogP contribution in [0.25, 0.3) is 0 Å².